The number of carbonyl (C=O) groups excluding carboxylic acids is 4. The third-order valence-electron chi connectivity index (χ3n) is 5.76. The van der Waals surface area contributed by atoms with Gasteiger partial charge in [-0.3, -0.25) is 19.2 Å². The van der Waals surface area contributed by atoms with E-state index in [-0.39, 0.29) is 50.8 Å². The molecule has 2 aliphatic carbocycles. The first-order valence-corrected chi connectivity index (χ1v) is 10.2. The summed E-state index contributed by atoms with van der Waals surface area (Å²) in [5.74, 6) is -0.188. The molecule has 0 amide bonds. The summed E-state index contributed by atoms with van der Waals surface area (Å²) in [5, 5.41) is 0. The molecule has 0 aromatic heterocycles. The van der Waals surface area contributed by atoms with Gasteiger partial charge in [-0.05, 0) is 46.5 Å². The van der Waals surface area contributed by atoms with Gasteiger partial charge >= 0.3 is 23.1 Å². The monoisotopic (exact) mass is 622 g/mol. The van der Waals surface area contributed by atoms with Crippen molar-refractivity contribution in [1.82, 2.24) is 0 Å². The predicted octanol–water partition coefficient (Wildman–Crippen LogP) is 4.30. The SMILES string of the molecule is [Hg].[OH+]=C1C(=[OH+])c2ccccc2-c2ccccc21.[OH+]=C1C(=[OH+])c2ccccc2-c2ccccc21. The fourth-order valence-corrected chi connectivity index (χ4v) is 4.21. The predicted molar refractivity (Wildman–Crippen MR) is 128 cm³/mol. The summed E-state index contributed by atoms with van der Waals surface area (Å²) in [6.07, 6.45) is 0. The van der Waals surface area contributed by atoms with E-state index in [9.17, 15) is 19.2 Å². The number of fused-ring (bicyclic) bond motifs is 6. The van der Waals surface area contributed by atoms with Crippen LogP contribution in [0.4, 0.5) is 0 Å². The molecular formula is C28H20HgO4+4. The van der Waals surface area contributed by atoms with Crippen molar-refractivity contribution in [2.45, 2.75) is 0 Å². The molecule has 5 heteroatoms. The molecule has 0 heterocycles. The van der Waals surface area contributed by atoms with Crippen molar-refractivity contribution in [2.24, 2.45) is 0 Å². The van der Waals surface area contributed by atoms with Crippen LogP contribution < -0.4 is 0 Å². The summed E-state index contributed by atoms with van der Waals surface area (Å²) in [5.41, 5.74) is 6.53. The maximum atomic E-state index is 9.91. The van der Waals surface area contributed by atoms with Gasteiger partial charge in [0.1, 0.15) is 0 Å². The van der Waals surface area contributed by atoms with Crippen molar-refractivity contribution in [3.63, 3.8) is 0 Å². The zero-order valence-corrected chi connectivity index (χ0v) is 23.2. The zero-order valence-electron chi connectivity index (χ0n) is 17.7. The van der Waals surface area contributed by atoms with Crippen LogP contribution in [0.2, 0.25) is 0 Å². The molecule has 0 radical (unpaired) electrons. The van der Waals surface area contributed by atoms with Gasteiger partial charge in [-0.1, -0.05) is 72.8 Å². The van der Waals surface area contributed by atoms with Crippen LogP contribution in [0, 0.1) is 0 Å². The molecule has 0 aliphatic heterocycles. The summed E-state index contributed by atoms with van der Waals surface area (Å²) in [6, 6.07) is 30.0. The molecule has 0 fully saturated rings. The number of rotatable bonds is 0. The van der Waals surface area contributed by atoms with Gasteiger partial charge in [0.15, 0.2) is 0 Å². The Kier molecular flexibility index (Phi) is 6.30. The van der Waals surface area contributed by atoms with Crippen LogP contribution in [0.1, 0.15) is 22.3 Å². The van der Waals surface area contributed by atoms with Gasteiger partial charge in [0.25, 0.3) is 0 Å². The molecule has 154 valence electrons. The quantitative estimate of drug-likeness (QED) is 0.160. The third kappa shape index (κ3) is 3.81. The van der Waals surface area contributed by atoms with Crippen molar-refractivity contribution in [3.8, 4) is 22.3 Å². The van der Waals surface area contributed by atoms with Crippen LogP contribution in [0.15, 0.2) is 97.1 Å². The maximum Gasteiger partial charge on any atom is 0.450 e. The van der Waals surface area contributed by atoms with Gasteiger partial charge in [0, 0.05) is 27.7 Å². The average molecular weight is 621 g/mol. The van der Waals surface area contributed by atoms with E-state index in [4.69, 9.17) is 0 Å². The molecule has 4 aromatic carbocycles. The summed E-state index contributed by atoms with van der Waals surface area (Å²) in [6.45, 7) is 0. The number of hydrogen-bond donors (Lipinski definition) is 0. The Hall–Kier alpha value is -3.50. The van der Waals surface area contributed by atoms with Gasteiger partial charge in [0.05, 0.1) is 22.3 Å². The largest absolute Gasteiger partial charge is 0.450 e. The summed E-state index contributed by atoms with van der Waals surface area (Å²) >= 11 is 0. The molecule has 0 saturated heterocycles. The van der Waals surface area contributed by atoms with Gasteiger partial charge in [-0.15, -0.1) is 0 Å². The smallest absolute Gasteiger partial charge is 0.263 e. The third-order valence-corrected chi connectivity index (χ3v) is 5.76. The second-order valence-electron chi connectivity index (χ2n) is 7.58. The number of hydrogen-bond acceptors (Lipinski definition) is 0. The molecular weight excluding hydrogens is 601 g/mol. The van der Waals surface area contributed by atoms with Gasteiger partial charge < -0.3 is 0 Å². The van der Waals surface area contributed by atoms with E-state index in [1.165, 1.54) is 0 Å². The fraction of sp³-hybridized carbons (Fsp3) is 0. The topological polar surface area (TPSA) is 85.6 Å². The summed E-state index contributed by atoms with van der Waals surface area (Å²) in [4.78, 5) is 39.6. The van der Waals surface area contributed by atoms with E-state index >= 15 is 0 Å². The molecule has 6 rings (SSSR count). The molecule has 0 unspecified atom stereocenters. The Morgan fingerprint density at radius 2 is 0.424 bits per heavy atom. The Labute approximate surface area is 210 Å². The minimum Gasteiger partial charge on any atom is -0.263 e. The Bertz CT molecular complexity index is 1230. The van der Waals surface area contributed by atoms with Crippen molar-refractivity contribution < 1.29 is 46.8 Å². The molecule has 0 bridgehead atoms. The van der Waals surface area contributed by atoms with E-state index in [0.717, 1.165) is 22.3 Å². The zero-order chi connectivity index (χ0) is 22.2. The Morgan fingerprint density at radius 1 is 0.273 bits per heavy atom. The van der Waals surface area contributed by atoms with Crippen LogP contribution in [0.5, 0.6) is 0 Å². The van der Waals surface area contributed by atoms with Gasteiger partial charge in [-0.25, -0.2) is 0 Å². The van der Waals surface area contributed by atoms with Crippen LogP contribution in [-0.4, -0.2) is 42.3 Å². The molecule has 0 spiro atoms. The Balaban J connectivity index is 0.000000152. The molecule has 33 heavy (non-hydrogen) atoms. The standard InChI is InChI=1S/2C14H8O2.Hg/c2*15-13-11-7-3-1-5-9(11)10-6-2-4-8-12(10)14(13)16;/h2*1-8H;/p+4. The number of benzene rings is 4. The molecule has 4 nitrogen and oxygen atoms in total. The molecule has 2 aliphatic rings. The van der Waals surface area contributed by atoms with Crippen molar-refractivity contribution in [3.05, 3.63) is 119 Å². The summed E-state index contributed by atoms with van der Waals surface area (Å²) in [7, 11) is 0. The fourth-order valence-electron chi connectivity index (χ4n) is 4.21. The minimum absolute atomic E-state index is 0. The normalized spacial score (nSPS) is 12.8. The first-order chi connectivity index (χ1) is 15.6. The second kappa shape index (κ2) is 9.16. The molecule has 4 aromatic rings. The first kappa shape index (κ1) is 22.7. The molecule has 0 saturated carbocycles. The van der Waals surface area contributed by atoms with Gasteiger partial charge in [-0.2, -0.15) is 0 Å². The second-order valence-corrected chi connectivity index (χ2v) is 7.58. The van der Waals surface area contributed by atoms with Crippen LogP contribution in [-0.2, 0) is 27.7 Å². The van der Waals surface area contributed by atoms with Crippen molar-refractivity contribution in [2.75, 3.05) is 0 Å². The van der Waals surface area contributed by atoms with Crippen LogP contribution >= 0.6 is 0 Å². The van der Waals surface area contributed by atoms with E-state index < -0.39 is 0 Å². The summed E-state index contributed by atoms with van der Waals surface area (Å²) < 4.78 is 0. The van der Waals surface area contributed by atoms with Crippen molar-refractivity contribution >= 4 is 23.1 Å². The Morgan fingerprint density at radius 3 is 0.606 bits per heavy atom. The first-order valence-electron chi connectivity index (χ1n) is 10.2. The molecule has 4 N–H and O–H groups in total. The average Bonchev–Trinajstić information content (AvgIpc) is 2.86. The molecule has 0 atom stereocenters. The van der Waals surface area contributed by atoms with Crippen LogP contribution in [0.25, 0.3) is 22.3 Å². The van der Waals surface area contributed by atoms with E-state index in [2.05, 4.69) is 0 Å². The van der Waals surface area contributed by atoms with E-state index in [1.807, 2.05) is 72.8 Å². The minimum atomic E-state index is -0.0469. The van der Waals surface area contributed by atoms with E-state index in [1.54, 1.807) is 24.3 Å². The van der Waals surface area contributed by atoms with E-state index in [0.29, 0.717) is 22.3 Å². The van der Waals surface area contributed by atoms with Gasteiger partial charge in [0.2, 0.25) is 0 Å². The maximum absolute atomic E-state index is 9.91. The number of ketones is 4. The van der Waals surface area contributed by atoms with Crippen molar-refractivity contribution in [1.29, 1.82) is 0 Å². The van der Waals surface area contributed by atoms with Crippen LogP contribution in [0.3, 0.4) is 0 Å².